The Hall–Kier alpha value is -6.16. The molecule has 0 unspecified atom stereocenters. The zero-order valence-corrected chi connectivity index (χ0v) is 27.3. The minimum absolute atomic E-state index is 0.716. The first-order chi connectivity index (χ1) is 24.3. The Bertz CT molecular complexity index is 2870. The fraction of sp³-hybridized carbons (Fsp3) is 0. The minimum Gasteiger partial charge on any atom is -0.228 e. The molecule has 0 aliphatic rings. The Morgan fingerprint density at radius 3 is 1.84 bits per heavy atom. The van der Waals surface area contributed by atoms with E-state index in [1.165, 1.54) is 63.6 Å². The minimum atomic E-state index is 0.716. The molecule has 2 nitrogen and oxygen atoms in total. The van der Waals surface area contributed by atoms with Crippen molar-refractivity contribution in [2.24, 2.45) is 0 Å². The Morgan fingerprint density at radius 2 is 0.980 bits per heavy atom. The highest BCUT2D eigenvalue weighted by molar-refractivity contribution is 7.25. The second kappa shape index (κ2) is 11.2. The van der Waals surface area contributed by atoms with Crippen molar-refractivity contribution in [1.82, 2.24) is 9.97 Å². The van der Waals surface area contributed by atoms with Crippen molar-refractivity contribution in [2.75, 3.05) is 0 Å². The summed E-state index contributed by atoms with van der Waals surface area (Å²) in [5.41, 5.74) is 7.40. The quantitative estimate of drug-likeness (QED) is 0.141. The van der Waals surface area contributed by atoms with E-state index in [0.29, 0.717) is 5.82 Å². The summed E-state index contributed by atoms with van der Waals surface area (Å²) >= 11 is 1.85. The van der Waals surface area contributed by atoms with Crippen molar-refractivity contribution in [3.63, 3.8) is 0 Å². The molecule has 0 bridgehead atoms. The zero-order chi connectivity index (χ0) is 32.3. The van der Waals surface area contributed by atoms with Gasteiger partial charge in [-0.05, 0) is 73.8 Å². The van der Waals surface area contributed by atoms with Gasteiger partial charge in [0.2, 0.25) is 0 Å². The van der Waals surface area contributed by atoms with Gasteiger partial charge in [0.05, 0.1) is 11.4 Å². The van der Waals surface area contributed by atoms with Gasteiger partial charge in [0.1, 0.15) is 0 Å². The van der Waals surface area contributed by atoms with E-state index >= 15 is 0 Å². The molecular formula is C46H28N2S. The van der Waals surface area contributed by atoms with Crippen LogP contribution >= 0.6 is 11.3 Å². The Kier molecular flexibility index (Phi) is 6.39. The molecule has 10 rings (SSSR count). The van der Waals surface area contributed by atoms with Crippen LogP contribution in [0.15, 0.2) is 170 Å². The number of benzene rings is 8. The van der Waals surface area contributed by atoms with Crippen LogP contribution in [0, 0.1) is 0 Å². The molecule has 0 saturated heterocycles. The molecule has 2 aromatic heterocycles. The SMILES string of the molecule is c1ccc(-c2nc(-c3ccc(-c4ccc5sc6ccccc6c5c4)cc3)cc(-c3c4ccccc4cc4ccc5ccccc5c34)n2)cc1. The Balaban J connectivity index is 1.17. The zero-order valence-electron chi connectivity index (χ0n) is 26.5. The first-order valence-electron chi connectivity index (χ1n) is 16.6. The molecular weight excluding hydrogens is 613 g/mol. The third kappa shape index (κ3) is 4.70. The molecule has 0 atom stereocenters. The van der Waals surface area contributed by atoms with Crippen LogP contribution in [0.5, 0.6) is 0 Å². The third-order valence-electron chi connectivity index (χ3n) is 9.66. The highest BCUT2D eigenvalue weighted by Gasteiger charge is 2.17. The maximum Gasteiger partial charge on any atom is 0.160 e. The summed E-state index contributed by atoms with van der Waals surface area (Å²) in [5.74, 6) is 0.716. The van der Waals surface area contributed by atoms with Crippen molar-refractivity contribution in [3.05, 3.63) is 170 Å². The van der Waals surface area contributed by atoms with Gasteiger partial charge in [-0.15, -0.1) is 11.3 Å². The Morgan fingerprint density at radius 1 is 0.347 bits per heavy atom. The van der Waals surface area contributed by atoms with Crippen LogP contribution in [-0.2, 0) is 0 Å². The molecule has 3 heteroatoms. The second-order valence-corrected chi connectivity index (χ2v) is 13.7. The van der Waals surface area contributed by atoms with Crippen LogP contribution in [0.4, 0.5) is 0 Å². The molecule has 49 heavy (non-hydrogen) atoms. The van der Waals surface area contributed by atoms with Crippen LogP contribution in [0.25, 0.3) is 97.5 Å². The average molecular weight is 641 g/mol. The van der Waals surface area contributed by atoms with Gasteiger partial charge >= 0.3 is 0 Å². The number of rotatable bonds is 4. The molecule has 8 aromatic carbocycles. The average Bonchev–Trinajstić information content (AvgIpc) is 3.55. The predicted octanol–water partition coefficient (Wildman–Crippen LogP) is 13.0. The lowest BCUT2D eigenvalue weighted by molar-refractivity contribution is 1.19. The monoisotopic (exact) mass is 640 g/mol. The van der Waals surface area contributed by atoms with E-state index in [4.69, 9.17) is 9.97 Å². The summed E-state index contributed by atoms with van der Waals surface area (Å²) in [4.78, 5) is 10.5. The second-order valence-electron chi connectivity index (χ2n) is 12.6. The summed E-state index contributed by atoms with van der Waals surface area (Å²) in [6.45, 7) is 0. The van der Waals surface area contributed by atoms with Gasteiger partial charge in [-0.2, -0.15) is 0 Å². The number of hydrogen-bond acceptors (Lipinski definition) is 3. The van der Waals surface area contributed by atoms with Crippen LogP contribution < -0.4 is 0 Å². The van der Waals surface area contributed by atoms with Crippen molar-refractivity contribution >= 4 is 63.8 Å². The molecule has 0 saturated carbocycles. The van der Waals surface area contributed by atoms with E-state index < -0.39 is 0 Å². The molecule has 0 N–H and O–H groups in total. The van der Waals surface area contributed by atoms with E-state index in [2.05, 4.69) is 152 Å². The smallest absolute Gasteiger partial charge is 0.160 e. The summed E-state index contributed by atoms with van der Waals surface area (Å²) in [5, 5.41) is 9.86. The number of fused-ring (bicyclic) bond motifs is 7. The highest BCUT2D eigenvalue weighted by Crippen LogP contribution is 2.41. The van der Waals surface area contributed by atoms with Crippen molar-refractivity contribution in [1.29, 1.82) is 0 Å². The van der Waals surface area contributed by atoms with Gasteiger partial charge in [-0.3, -0.25) is 0 Å². The fourth-order valence-electron chi connectivity index (χ4n) is 7.29. The van der Waals surface area contributed by atoms with Crippen LogP contribution in [0.3, 0.4) is 0 Å². The van der Waals surface area contributed by atoms with Crippen LogP contribution in [-0.4, -0.2) is 9.97 Å². The predicted molar refractivity (Wildman–Crippen MR) is 209 cm³/mol. The topological polar surface area (TPSA) is 25.8 Å². The lowest BCUT2D eigenvalue weighted by atomic mass is 9.90. The lowest BCUT2D eigenvalue weighted by Crippen LogP contribution is -1.97. The maximum absolute atomic E-state index is 5.31. The molecule has 10 aromatic rings. The summed E-state index contributed by atoms with van der Waals surface area (Å²) in [7, 11) is 0. The van der Waals surface area contributed by atoms with Gasteiger partial charge < -0.3 is 0 Å². The molecule has 0 amide bonds. The lowest BCUT2D eigenvalue weighted by Gasteiger charge is -2.16. The maximum atomic E-state index is 5.31. The van der Waals surface area contributed by atoms with Crippen molar-refractivity contribution in [3.8, 4) is 45.0 Å². The first kappa shape index (κ1) is 27.9. The normalized spacial score (nSPS) is 11.7. The largest absolute Gasteiger partial charge is 0.228 e. The molecule has 0 aliphatic heterocycles. The van der Waals surface area contributed by atoms with Gasteiger partial charge in [-0.1, -0.05) is 140 Å². The van der Waals surface area contributed by atoms with Gasteiger partial charge in [0.15, 0.2) is 5.82 Å². The molecule has 0 radical (unpaired) electrons. The van der Waals surface area contributed by atoms with E-state index in [0.717, 1.165) is 28.1 Å². The molecule has 0 aliphatic carbocycles. The standard InChI is InChI=1S/C46H28N2S/c1-2-11-32(12-3-1)46-47-40(31-21-18-29(19-22-31)33-24-25-43-39(27-33)38-16-8-9-17-42(38)49-43)28-41(48-46)45-37-15-7-5-13-34(37)26-35-23-20-30-10-4-6-14-36(30)44(35)45/h1-28H. The third-order valence-corrected chi connectivity index (χ3v) is 10.8. The number of aromatic nitrogens is 2. The fourth-order valence-corrected chi connectivity index (χ4v) is 8.37. The number of hydrogen-bond donors (Lipinski definition) is 0. The molecule has 228 valence electrons. The summed E-state index contributed by atoms with van der Waals surface area (Å²) in [6, 6.07) is 60.9. The summed E-state index contributed by atoms with van der Waals surface area (Å²) < 4.78 is 2.64. The first-order valence-corrected chi connectivity index (χ1v) is 17.4. The summed E-state index contributed by atoms with van der Waals surface area (Å²) in [6.07, 6.45) is 0. The Labute approximate surface area is 287 Å². The van der Waals surface area contributed by atoms with Crippen LogP contribution in [0.1, 0.15) is 0 Å². The molecule has 0 fully saturated rings. The van der Waals surface area contributed by atoms with E-state index in [1.54, 1.807) is 0 Å². The molecule has 0 spiro atoms. The van der Waals surface area contributed by atoms with Crippen molar-refractivity contribution < 1.29 is 0 Å². The number of nitrogens with zero attached hydrogens (tertiary/aromatic N) is 2. The van der Waals surface area contributed by atoms with Crippen molar-refractivity contribution in [2.45, 2.75) is 0 Å². The molecule has 2 heterocycles. The van der Waals surface area contributed by atoms with E-state index in [1.807, 2.05) is 29.5 Å². The number of thiophene rings is 1. The van der Waals surface area contributed by atoms with Crippen LogP contribution in [0.2, 0.25) is 0 Å². The van der Waals surface area contributed by atoms with E-state index in [9.17, 15) is 0 Å². The van der Waals surface area contributed by atoms with Gasteiger partial charge in [0, 0.05) is 36.9 Å². The van der Waals surface area contributed by atoms with E-state index in [-0.39, 0.29) is 0 Å². The highest BCUT2D eigenvalue weighted by atomic mass is 32.1. The van der Waals surface area contributed by atoms with Gasteiger partial charge in [0.25, 0.3) is 0 Å². The van der Waals surface area contributed by atoms with Gasteiger partial charge in [-0.25, -0.2) is 9.97 Å².